The van der Waals surface area contributed by atoms with Gasteiger partial charge in [-0.25, -0.2) is 14.4 Å². The molecule has 0 aliphatic rings. The van der Waals surface area contributed by atoms with Gasteiger partial charge in [0, 0.05) is 17.0 Å². The average Bonchev–Trinajstić information content (AvgIpc) is 2.60. The number of carbonyl (C=O) groups excluding carboxylic acids is 2. The fourth-order valence-corrected chi connectivity index (χ4v) is 2.89. The lowest BCUT2D eigenvalue weighted by Crippen LogP contribution is -2.48. The SMILES string of the molecule is CC[C@@H](C)[C@H](NC(=O)OC(C)(C)C)C(=O)Oc1ccc2c(C)cc(=O)oc2c1C. The Morgan fingerprint density at radius 2 is 1.86 bits per heavy atom. The van der Waals surface area contributed by atoms with Crippen molar-refractivity contribution < 1.29 is 23.5 Å². The Hall–Kier alpha value is -2.83. The van der Waals surface area contributed by atoms with E-state index in [1.54, 1.807) is 39.8 Å². The third kappa shape index (κ3) is 5.59. The van der Waals surface area contributed by atoms with Crippen LogP contribution in [-0.2, 0) is 9.53 Å². The van der Waals surface area contributed by atoms with Crippen molar-refractivity contribution in [3.05, 3.63) is 39.7 Å². The van der Waals surface area contributed by atoms with Crippen molar-refractivity contribution >= 4 is 23.0 Å². The van der Waals surface area contributed by atoms with Crippen LogP contribution in [0.15, 0.2) is 27.4 Å². The first-order valence-electron chi connectivity index (χ1n) is 9.68. The van der Waals surface area contributed by atoms with Gasteiger partial charge in [-0.2, -0.15) is 0 Å². The van der Waals surface area contributed by atoms with Crippen LogP contribution in [0.2, 0.25) is 0 Å². The smallest absolute Gasteiger partial charge is 0.408 e. The summed E-state index contributed by atoms with van der Waals surface area (Å²) >= 11 is 0. The molecule has 7 nitrogen and oxygen atoms in total. The molecule has 0 aliphatic carbocycles. The van der Waals surface area contributed by atoms with Crippen molar-refractivity contribution in [2.24, 2.45) is 5.92 Å². The van der Waals surface area contributed by atoms with Crippen molar-refractivity contribution in [3.8, 4) is 5.75 Å². The molecular weight excluding hydrogens is 374 g/mol. The molecule has 0 bridgehead atoms. The normalized spacial score (nSPS) is 13.6. The third-order valence-electron chi connectivity index (χ3n) is 4.67. The van der Waals surface area contributed by atoms with Gasteiger partial charge in [0.2, 0.25) is 0 Å². The van der Waals surface area contributed by atoms with Crippen LogP contribution in [0.4, 0.5) is 4.79 Å². The molecule has 2 atom stereocenters. The highest BCUT2D eigenvalue weighted by Crippen LogP contribution is 2.28. The highest BCUT2D eigenvalue weighted by Gasteiger charge is 2.30. The number of hydrogen-bond donors (Lipinski definition) is 1. The zero-order chi connectivity index (χ0) is 21.9. The maximum atomic E-state index is 12.9. The van der Waals surface area contributed by atoms with Crippen LogP contribution in [0.1, 0.15) is 52.2 Å². The molecule has 0 radical (unpaired) electrons. The second-order valence-corrected chi connectivity index (χ2v) is 8.24. The first-order chi connectivity index (χ1) is 13.4. The lowest BCUT2D eigenvalue weighted by atomic mass is 9.99. The predicted octanol–water partition coefficient (Wildman–Crippen LogP) is 4.25. The molecule has 1 aromatic carbocycles. The first-order valence-corrected chi connectivity index (χ1v) is 9.68. The van der Waals surface area contributed by atoms with Gasteiger partial charge >= 0.3 is 17.7 Å². The third-order valence-corrected chi connectivity index (χ3v) is 4.67. The van der Waals surface area contributed by atoms with Gasteiger partial charge in [0.1, 0.15) is 23.0 Å². The average molecular weight is 403 g/mol. The second-order valence-electron chi connectivity index (χ2n) is 8.24. The van der Waals surface area contributed by atoms with E-state index >= 15 is 0 Å². The molecule has 1 N–H and O–H groups in total. The van der Waals surface area contributed by atoms with Crippen molar-refractivity contribution in [2.75, 3.05) is 0 Å². The number of fused-ring (bicyclic) bond motifs is 1. The summed E-state index contributed by atoms with van der Waals surface area (Å²) in [5.74, 6) is -0.505. The molecule has 2 aromatic rings. The largest absolute Gasteiger partial charge is 0.444 e. The van der Waals surface area contributed by atoms with E-state index < -0.39 is 29.3 Å². The van der Waals surface area contributed by atoms with Gasteiger partial charge in [0.25, 0.3) is 0 Å². The summed E-state index contributed by atoms with van der Waals surface area (Å²) in [6, 6.07) is 3.93. The molecule has 0 saturated heterocycles. The van der Waals surface area contributed by atoms with Crippen LogP contribution in [0, 0.1) is 19.8 Å². The summed E-state index contributed by atoms with van der Waals surface area (Å²) in [4.78, 5) is 36.7. The summed E-state index contributed by atoms with van der Waals surface area (Å²) in [5.41, 5.74) is 0.544. The zero-order valence-corrected chi connectivity index (χ0v) is 18.0. The van der Waals surface area contributed by atoms with Gasteiger partial charge in [-0.15, -0.1) is 0 Å². The Morgan fingerprint density at radius 1 is 1.21 bits per heavy atom. The summed E-state index contributed by atoms with van der Waals surface area (Å²) in [7, 11) is 0. The molecule has 1 aromatic heterocycles. The second kappa shape index (κ2) is 8.68. The molecular formula is C22H29NO6. The summed E-state index contributed by atoms with van der Waals surface area (Å²) < 4.78 is 16.1. The zero-order valence-electron chi connectivity index (χ0n) is 18.0. The molecule has 158 valence electrons. The Balaban J connectivity index is 2.30. The van der Waals surface area contributed by atoms with Crippen LogP contribution in [-0.4, -0.2) is 23.7 Å². The molecule has 0 saturated carbocycles. The van der Waals surface area contributed by atoms with E-state index in [2.05, 4.69) is 5.32 Å². The van der Waals surface area contributed by atoms with Gasteiger partial charge in [-0.05, 0) is 58.2 Å². The standard InChI is InChI=1S/C22H29NO6/c1-8-12(2)18(23-21(26)29-22(5,6)7)20(25)27-16-10-9-15-13(3)11-17(24)28-19(15)14(16)4/h9-12,18H,8H2,1-7H3,(H,23,26)/t12-,18+/m1/s1. The topological polar surface area (TPSA) is 94.8 Å². The van der Waals surface area contributed by atoms with Crippen molar-refractivity contribution in [3.63, 3.8) is 0 Å². The van der Waals surface area contributed by atoms with Crippen molar-refractivity contribution in [1.82, 2.24) is 5.32 Å². The maximum Gasteiger partial charge on any atom is 0.408 e. The summed E-state index contributed by atoms with van der Waals surface area (Å²) in [5, 5.41) is 3.38. The number of benzene rings is 1. The van der Waals surface area contributed by atoms with Crippen LogP contribution < -0.4 is 15.7 Å². The minimum absolute atomic E-state index is 0.170. The number of alkyl carbamates (subject to hydrolysis) is 1. The van der Waals surface area contributed by atoms with Crippen LogP contribution >= 0.6 is 0 Å². The highest BCUT2D eigenvalue weighted by molar-refractivity contribution is 5.87. The quantitative estimate of drug-likeness (QED) is 0.455. The fraction of sp³-hybridized carbons (Fsp3) is 0.500. The molecule has 0 aliphatic heterocycles. The van der Waals surface area contributed by atoms with E-state index in [1.807, 2.05) is 20.8 Å². The number of hydrogen-bond acceptors (Lipinski definition) is 6. The predicted molar refractivity (Wildman–Crippen MR) is 110 cm³/mol. The first kappa shape index (κ1) is 22.5. The van der Waals surface area contributed by atoms with Crippen molar-refractivity contribution in [1.29, 1.82) is 0 Å². The van der Waals surface area contributed by atoms with Crippen LogP contribution in [0.5, 0.6) is 5.75 Å². The van der Waals surface area contributed by atoms with Crippen LogP contribution in [0.3, 0.4) is 0 Å². The van der Waals surface area contributed by atoms with Gasteiger partial charge in [-0.3, -0.25) is 0 Å². The highest BCUT2D eigenvalue weighted by atomic mass is 16.6. The number of amides is 1. The Labute approximate surface area is 170 Å². The molecule has 2 rings (SSSR count). The fourth-order valence-electron chi connectivity index (χ4n) is 2.89. The lowest BCUT2D eigenvalue weighted by molar-refractivity contribution is -0.138. The number of nitrogens with one attached hydrogen (secondary N) is 1. The molecule has 1 heterocycles. The van der Waals surface area contributed by atoms with Crippen LogP contribution in [0.25, 0.3) is 11.0 Å². The molecule has 1 amide bonds. The van der Waals surface area contributed by atoms with Gasteiger partial charge in [-0.1, -0.05) is 20.3 Å². The Bertz CT molecular complexity index is 970. The van der Waals surface area contributed by atoms with E-state index in [9.17, 15) is 14.4 Å². The van der Waals surface area contributed by atoms with Gasteiger partial charge in [0.05, 0.1) is 0 Å². The molecule has 7 heteroatoms. The monoisotopic (exact) mass is 403 g/mol. The van der Waals surface area contributed by atoms with E-state index in [0.717, 1.165) is 10.9 Å². The van der Waals surface area contributed by atoms with E-state index in [4.69, 9.17) is 13.9 Å². The minimum Gasteiger partial charge on any atom is -0.444 e. The Morgan fingerprint density at radius 3 is 2.45 bits per heavy atom. The number of carbonyl (C=O) groups is 2. The minimum atomic E-state index is -0.880. The number of esters is 1. The summed E-state index contributed by atoms with van der Waals surface area (Å²) in [6.45, 7) is 12.5. The number of aryl methyl sites for hydroxylation is 2. The van der Waals surface area contributed by atoms with Crippen molar-refractivity contribution in [2.45, 2.75) is 66.5 Å². The lowest BCUT2D eigenvalue weighted by Gasteiger charge is -2.25. The van der Waals surface area contributed by atoms with E-state index in [1.165, 1.54) is 6.07 Å². The van der Waals surface area contributed by atoms with E-state index in [-0.39, 0.29) is 11.7 Å². The molecule has 0 spiro atoms. The Kier molecular flexibility index (Phi) is 6.72. The van der Waals surface area contributed by atoms with Gasteiger partial charge in [0.15, 0.2) is 0 Å². The molecule has 29 heavy (non-hydrogen) atoms. The molecule has 0 unspecified atom stereocenters. The summed E-state index contributed by atoms with van der Waals surface area (Å²) in [6.07, 6.45) is -0.0306. The maximum absolute atomic E-state index is 12.9. The number of rotatable bonds is 5. The van der Waals surface area contributed by atoms with Gasteiger partial charge < -0.3 is 19.2 Å². The van der Waals surface area contributed by atoms with E-state index in [0.29, 0.717) is 17.6 Å². The number of ether oxygens (including phenoxy) is 2. The molecule has 0 fully saturated rings.